The van der Waals surface area contributed by atoms with E-state index in [1.165, 1.54) is 5.39 Å². The number of imide groups is 1. The van der Waals surface area contributed by atoms with Crippen LogP contribution in [0, 0.1) is 0 Å². The quantitative estimate of drug-likeness (QED) is 0.474. The van der Waals surface area contributed by atoms with Crippen LogP contribution in [0.3, 0.4) is 0 Å². The van der Waals surface area contributed by atoms with Gasteiger partial charge in [-0.1, -0.05) is 54.6 Å². The van der Waals surface area contributed by atoms with Gasteiger partial charge in [-0.15, -0.1) is 0 Å². The van der Waals surface area contributed by atoms with Crippen LogP contribution in [0.15, 0.2) is 77.8 Å². The van der Waals surface area contributed by atoms with E-state index in [1.807, 2.05) is 42.6 Å². The number of thioether (sulfide) groups is 1. The zero-order valence-corrected chi connectivity index (χ0v) is 15.7. The second-order valence-electron chi connectivity index (χ2n) is 6.75. The molecule has 1 aliphatic heterocycles. The third kappa shape index (κ3) is 2.90. The van der Waals surface area contributed by atoms with Crippen molar-refractivity contribution in [3.05, 3.63) is 89.0 Å². The van der Waals surface area contributed by atoms with Gasteiger partial charge in [-0.2, -0.15) is 0 Å². The van der Waals surface area contributed by atoms with Crippen molar-refractivity contribution in [1.82, 2.24) is 10.3 Å². The Morgan fingerprint density at radius 2 is 1.75 bits per heavy atom. The molecule has 0 radical (unpaired) electrons. The van der Waals surface area contributed by atoms with Crippen molar-refractivity contribution in [3.8, 4) is 0 Å². The van der Waals surface area contributed by atoms with Crippen molar-refractivity contribution in [2.45, 2.75) is 6.42 Å². The van der Waals surface area contributed by atoms with Gasteiger partial charge >= 0.3 is 0 Å². The van der Waals surface area contributed by atoms with E-state index in [4.69, 9.17) is 0 Å². The number of carbonyl (C=O) groups is 2. The molecule has 2 heterocycles. The second kappa shape index (κ2) is 6.69. The molecular formula is C23H16N2O2S. The highest BCUT2D eigenvalue weighted by molar-refractivity contribution is 8.18. The summed E-state index contributed by atoms with van der Waals surface area (Å²) >= 11 is 0.980. The van der Waals surface area contributed by atoms with E-state index in [2.05, 4.69) is 40.6 Å². The Bertz CT molecular complexity index is 1290. The van der Waals surface area contributed by atoms with Crippen LogP contribution in [0.2, 0.25) is 0 Å². The van der Waals surface area contributed by atoms with Gasteiger partial charge in [0.15, 0.2) is 0 Å². The number of benzene rings is 3. The minimum Gasteiger partial charge on any atom is -0.361 e. The molecule has 2 amide bonds. The normalized spacial score (nSPS) is 16.0. The van der Waals surface area contributed by atoms with Crippen LogP contribution in [-0.2, 0) is 11.2 Å². The summed E-state index contributed by atoms with van der Waals surface area (Å²) in [5.74, 6) is -0.321. The summed E-state index contributed by atoms with van der Waals surface area (Å²) in [5.41, 5.74) is 3.94. The number of aromatic amines is 1. The molecule has 0 bridgehead atoms. The van der Waals surface area contributed by atoms with E-state index < -0.39 is 0 Å². The molecule has 4 nitrogen and oxygen atoms in total. The Balaban J connectivity index is 1.68. The molecule has 1 aromatic heterocycles. The van der Waals surface area contributed by atoms with Crippen molar-refractivity contribution >= 4 is 50.2 Å². The molecular weight excluding hydrogens is 368 g/mol. The second-order valence-corrected chi connectivity index (χ2v) is 7.74. The maximum atomic E-state index is 12.5. The fraction of sp³-hybridized carbons (Fsp3) is 0.0435. The van der Waals surface area contributed by atoms with Gasteiger partial charge in [0.1, 0.15) is 0 Å². The number of carbonyl (C=O) groups excluding carboxylic acids is 2. The number of rotatable bonds is 3. The fourth-order valence-corrected chi connectivity index (χ4v) is 4.49. The van der Waals surface area contributed by atoms with E-state index in [9.17, 15) is 9.59 Å². The molecule has 0 spiro atoms. The molecule has 5 heteroatoms. The lowest BCUT2D eigenvalue weighted by molar-refractivity contribution is -0.115. The number of hydrogen-bond donors (Lipinski definition) is 2. The molecule has 2 N–H and O–H groups in total. The third-order valence-electron chi connectivity index (χ3n) is 5.01. The lowest BCUT2D eigenvalue weighted by Gasteiger charge is -2.13. The highest BCUT2D eigenvalue weighted by Gasteiger charge is 2.29. The van der Waals surface area contributed by atoms with Crippen LogP contribution >= 0.6 is 11.8 Å². The maximum absolute atomic E-state index is 12.5. The van der Waals surface area contributed by atoms with Gasteiger partial charge in [0.05, 0.1) is 4.91 Å². The van der Waals surface area contributed by atoms with Crippen LogP contribution in [0.1, 0.15) is 11.1 Å². The molecule has 4 aromatic rings. The number of H-pyrrole nitrogens is 1. The number of aromatic nitrogens is 1. The molecule has 1 aliphatic rings. The maximum Gasteiger partial charge on any atom is 0.290 e. The molecule has 0 atom stereocenters. The smallest absolute Gasteiger partial charge is 0.290 e. The van der Waals surface area contributed by atoms with Crippen molar-refractivity contribution in [3.63, 3.8) is 0 Å². The Labute approximate surface area is 165 Å². The summed E-state index contributed by atoms with van der Waals surface area (Å²) in [6.45, 7) is 0. The SMILES string of the molecule is O=C1NC(=O)C(=C(Cc2ccc3ccccc3c2)c2cccc3[nH]ccc23)S1. The summed E-state index contributed by atoms with van der Waals surface area (Å²) in [5, 5.41) is 5.45. The van der Waals surface area contributed by atoms with Crippen molar-refractivity contribution < 1.29 is 9.59 Å². The summed E-state index contributed by atoms with van der Waals surface area (Å²) in [7, 11) is 0. The van der Waals surface area contributed by atoms with Gasteiger partial charge in [-0.25, -0.2) is 0 Å². The van der Waals surface area contributed by atoms with Crippen LogP contribution in [0.4, 0.5) is 4.79 Å². The highest BCUT2D eigenvalue weighted by Crippen LogP contribution is 2.37. The first-order valence-electron chi connectivity index (χ1n) is 8.99. The van der Waals surface area contributed by atoms with E-state index >= 15 is 0 Å². The monoisotopic (exact) mass is 384 g/mol. The first kappa shape index (κ1) is 16.8. The minimum absolute atomic E-state index is 0.321. The van der Waals surface area contributed by atoms with Gasteiger partial charge < -0.3 is 4.98 Å². The van der Waals surface area contributed by atoms with Crippen LogP contribution < -0.4 is 5.32 Å². The number of nitrogens with one attached hydrogen (secondary N) is 2. The van der Waals surface area contributed by atoms with Gasteiger partial charge in [-0.3, -0.25) is 14.9 Å². The zero-order valence-electron chi connectivity index (χ0n) is 14.9. The molecule has 5 rings (SSSR count). The van der Waals surface area contributed by atoms with Crippen LogP contribution in [0.5, 0.6) is 0 Å². The zero-order chi connectivity index (χ0) is 19.1. The summed E-state index contributed by atoms with van der Waals surface area (Å²) in [4.78, 5) is 28.0. The average molecular weight is 384 g/mol. The molecule has 0 aliphatic carbocycles. The molecule has 0 unspecified atom stereocenters. The number of amides is 2. The Kier molecular flexibility index (Phi) is 4.02. The van der Waals surface area contributed by atoms with Gasteiger partial charge in [0, 0.05) is 17.1 Å². The van der Waals surface area contributed by atoms with Crippen molar-refractivity contribution in [2.75, 3.05) is 0 Å². The minimum atomic E-state index is -0.322. The predicted molar refractivity (Wildman–Crippen MR) is 114 cm³/mol. The molecule has 0 saturated carbocycles. The van der Waals surface area contributed by atoms with E-state index in [-0.39, 0.29) is 11.1 Å². The first-order chi connectivity index (χ1) is 13.7. The van der Waals surface area contributed by atoms with Gasteiger partial charge in [0.2, 0.25) is 0 Å². The molecule has 1 saturated heterocycles. The van der Waals surface area contributed by atoms with Crippen LogP contribution in [0.25, 0.3) is 27.2 Å². The summed E-state index contributed by atoms with van der Waals surface area (Å²) in [6, 6.07) is 22.5. The Morgan fingerprint density at radius 1 is 0.893 bits per heavy atom. The lowest BCUT2D eigenvalue weighted by Crippen LogP contribution is -2.18. The predicted octanol–water partition coefficient (Wildman–Crippen LogP) is 5.26. The molecule has 1 fully saturated rings. The third-order valence-corrected chi connectivity index (χ3v) is 5.93. The number of allylic oxidation sites excluding steroid dienone is 1. The summed E-state index contributed by atoms with van der Waals surface area (Å²) in [6.07, 6.45) is 2.46. The van der Waals surface area contributed by atoms with E-state index in [1.54, 1.807) is 0 Å². The Hall–Kier alpha value is -3.31. The number of fused-ring (bicyclic) bond motifs is 2. The topological polar surface area (TPSA) is 62.0 Å². The first-order valence-corrected chi connectivity index (χ1v) is 9.81. The van der Waals surface area contributed by atoms with Gasteiger partial charge in [0.25, 0.3) is 11.1 Å². The van der Waals surface area contributed by atoms with E-state index in [0.717, 1.165) is 44.8 Å². The van der Waals surface area contributed by atoms with Gasteiger partial charge in [-0.05, 0) is 57.8 Å². The summed E-state index contributed by atoms with van der Waals surface area (Å²) < 4.78 is 0. The Morgan fingerprint density at radius 3 is 2.57 bits per heavy atom. The molecule has 28 heavy (non-hydrogen) atoms. The molecule has 3 aromatic carbocycles. The molecule has 136 valence electrons. The highest BCUT2D eigenvalue weighted by atomic mass is 32.2. The average Bonchev–Trinajstić information content (AvgIpc) is 3.31. The largest absolute Gasteiger partial charge is 0.361 e. The van der Waals surface area contributed by atoms with Crippen molar-refractivity contribution in [1.29, 1.82) is 0 Å². The van der Waals surface area contributed by atoms with Crippen LogP contribution in [-0.4, -0.2) is 16.1 Å². The number of hydrogen-bond acceptors (Lipinski definition) is 3. The standard InChI is InChI=1S/C23H16N2O2S/c26-22-21(28-23(27)25-22)19(17-6-3-7-20-18(17)10-11-24-20)13-14-8-9-15-4-1-2-5-16(15)12-14/h1-12,24H,13H2,(H,25,26,27). The fourth-order valence-electron chi connectivity index (χ4n) is 3.71. The van der Waals surface area contributed by atoms with Crippen molar-refractivity contribution in [2.24, 2.45) is 0 Å². The van der Waals surface area contributed by atoms with E-state index in [0.29, 0.717) is 11.3 Å². The lowest BCUT2D eigenvalue weighted by atomic mass is 9.94.